The third kappa shape index (κ3) is 4.60. The predicted molar refractivity (Wildman–Crippen MR) is 137 cm³/mol. The van der Waals surface area contributed by atoms with Crippen molar-refractivity contribution < 1.29 is 14.3 Å². The van der Waals surface area contributed by atoms with Gasteiger partial charge in [0.25, 0.3) is 5.91 Å². The highest BCUT2D eigenvalue weighted by Gasteiger charge is 2.28. The van der Waals surface area contributed by atoms with Gasteiger partial charge in [0.1, 0.15) is 17.1 Å². The molecule has 0 saturated heterocycles. The molecule has 1 aliphatic rings. The van der Waals surface area contributed by atoms with Crippen LogP contribution in [0.2, 0.25) is 0 Å². The van der Waals surface area contributed by atoms with Gasteiger partial charge >= 0.3 is 0 Å². The Bertz CT molecular complexity index is 1430. The number of para-hydroxylation sites is 1. The fourth-order valence-corrected chi connectivity index (χ4v) is 4.36. The molecule has 4 aromatic rings. The van der Waals surface area contributed by atoms with Gasteiger partial charge in [0.2, 0.25) is 5.91 Å². The summed E-state index contributed by atoms with van der Waals surface area (Å²) in [5, 5.41) is 3.32. The first-order valence-corrected chi connectivity index (χ1v) is 11.8. The Kier molecular flexibility index (Phi) is 6.30. The molecular formula is C27H28N6O3. The first-order chi connectivity index (χ1) is 17.4. The molecule has 9 heteroatoms. The molecule has 36 heavy (non-hydrogen) atoms. The summed E-state index contributed by atoms with van der Waals surface area (Å²) in [6, 6.07) is 17.0. The topological polar surface area (TPSA) is 109 Å². The maximum absolute atomic E-state index is 12.6. The molecule has 3 heterocycles. The standard InChI is InChI=1S/C27H28N6O3/c1-31(2)15-6-9-23(34)32-16-14-22-21(17-32)29-27-24(26(28)35)25(30-33(22)27)18-10-12-20(13-11-18)36-19-7-4-3-5-8-19/h3-13,30H,14-17H2,1-2H3,(H2,28,35)/b9-6+. The monoisotopic (exact) mass is 484 g/mol. The van der Waals surface area contributed by atoms with Crippen LogP contribution >= 0.6 is 0 Å². The number of carbonyl (C=O) groups is 2. The summed E-state index contributed by atoms with van der Waals surface area (Å²) in [7, 11) is 3.90. The van der Waals surface area contributed by atoms with Gasteiger partial charge in [-0.2, -0.15) is 0 Å². The van der Waals surface area contributed by atoms with E-state index in [9.17, 15) is 9.59 Å². The van der Waals surface area contributed by atoms with E-state index in [4.69, 9.17) is 15.5 Å². The number of likely N-dealkylation sites (N-methyl/N-ethyl adjacent to an activating group) is 1. The molecule has 0 saturated carbocycles. The molecule has 1 aliphatic heterocycles. The van der Waals surface area contributed by atoms with E-state index in [2.05, 4.69) is 5.10 Å². The van der Waals surface area contributed by atoms with Crippen LogP contribution in [0.1, 0.15) is 21.7 Å². The molecule has 0 atom stereocenters. The zero-order valence-corrected chi connectivity index (χ0v) is 20.3. The molecule has 0 aliphatic carbocycles. The largest absolute Gasteiger partial charge is 0.457 e. The van der Waals surface area contributed by atoms with Crippen LogP contribution in [-0.4, -0.2) is 63.4 Å². The lowest BCUT2D eigenvalue weighted by Crippen LogP contribution is -2.35. The fraction of sp³-hybridized carbons (Fsp3) is 0.222. The predicted octanol–water partition coefficient (Wildman–Crippen LogP) is 3.22. The van der Waals surface area contributed by atoms with Gasteiger partial charge in [-0.1, -0.05) is 24.3 Å². The number of ether oxygens (including phenoxy) is 1. The van der Waals surface area contributed by atoms with E-state index in [1.807, 2.05) is 84.2 Å². The van der Waals surface area contributed by atoms with Gasteiger partial charge in [-0.25, -0.2) is 9.50 Å². The van der Waals surface area contributed by atoms with Gasteiger partial charge < -0.3 is 20.3 Å². The number of rotatable bonds is 7. The molecule has 9 nitrogen and oxygen atoms in total. The molecule has 0 radical (unpaired) electrons. The minimum absolute atomic E-state index is 0.0483. The van der Waals surface area contributed by atoms with E-state index in [1.165, 1.54) is 0 Å². The van der Waals surface area contributed by atoms with Crippen LogP contribution in [-0.2, 0) is 17.8 Å². The highest BCUT2D eigenvalue weighted by atomic mass is 16.5. The minimum atomic E-state index is -0.567. The van der Waals surface area contributed by atoms with Crippen LogP contribution in [0.3, 0.4) is 0 Å². The van der Waals surface area contributed by atoms with Crippen LogP contribution in [0.5, 0.6) is 11.5 Å². The van der Waals surface area contributed by atoms with Gasteiger partial charge in [-0.15, -0.1) is 0 Å². The summed E-state index contributed by atoms with van der Waals surface area (Å²) in [4.78, 5) is 33.5. The number of amides is 2. The average Bonchev–Trinajstić information content (AvgIpc) is 3.40. The Hall–Kier alpha value is -4.37. The van der Waals surface area contributed by atoms with Crippen LogP contribution in [0, 0.1) is 0 Å². The molecule has 3 N–H and O–H groups in total. The lowest BCUT2D eigenvalue weighted by atomic mass is 10.1. The molecule has 2 aromatic heterocycles. The van der Waals surface area contributed by atoms with Crippen LogP contribution < -0.4 is 10.5 Å². The first kappa shape index (κ1) is 23.4. The van der Waals surface area contributed by atoms with Crippen molar-refractivity contribution in [2.45, 2.75) is 13.0 Å². The van der Waals surface area contributed by atoms with E-state index < -0.39 is 5.91 Å². The maximum atomic E-state index is 12.6. The van der Waals surface area contributed by atoms with Gasteiger partial charge in [-0.3, -0.25) is 14.7 Å². The number of nitrogens with two attached hydrogens (primary N) is 1. The first-order valence-electron chi connectivity index (χ1n) is 11.8. The van der Waals surface area contributed by atoms with Crippen LogP contribution in [0.4, 0.5) is 0 Å². The quantitative estimate of drug-likeness (QED) is 0.392. The summed E-state index contributed by atoms with van der Waals surface area (Å²) in [5.74, 6) is 0.813. The number of nitrogens with one attached hydrogen (secondary N) is 1. The number of fused-ring (bicyclic) bond motifs is 3. The number of aromatic nitrogens is 3. The lowest BCUT2D eigenvalue weighted by molar-refractivity contribution is -0.127. The second-order valence-corrected chi connectivity index (χ2v) is 9.00. The summed E-state index contributed by atoms with van der Waals surface area (Å²) in [5.41, 5.74) is 9.70. The SMILES string of the molecule is CN(C)C/C=C/C(=O)N1CCc2c(nc3c(C(N)=O)c(-c4ccc(Oc5ccccc5)cc4)[nH]n23)C1. The second-order valence-electron chi connectivity index (χ2n) is 9.00. The van der Waals surface area contributed by atoms with Crippen molar-refractivity contribution in [3.05, 3.63) is 83.7 Å². The number of imidazole rings is 1. The molecule has 0 bridgehead atoms. The van der Waals surface area contributed by atoms with E-state index in [-0.39, 0.29) is 5.91 Å². The Labute approximate surface area is 208 Å². The lowest BCUT2D eigenvalue weighted by Gasteiger charge is -2.25. The number of nitrogens with zero attached hydrogens (tertiary/aromatic N) is 4. The zero-order chi connectivity index (χ0) is 25.2. The molecule has 2 aromatic carbocycles. The number of aromatic amines is 1. The molecule has 0 spiro atoms. The fourth-order valence-electron chi connectivity index (χ4n) is 4.36. The summed E-state index contributed by atoms with van der Waals surface area (Å²) >= 11 is 0. The Morgan fingerprint density at radius 3 is 2.53 bits per heavy atom. The number of H-pyrrole nitrogens is 1. The van der Waals surface area contributed by atoms with Crippen molar-refractivity contribution in [3.63, 3.8) is 0 Å². The van der Waals surface area contributed by atoms with Crippen molar-refractivity contribution in [1.29, 1.82) is 0 Å². The van der Waals surface area contributed by atoms with Crippen molar-refractivity contribution in [2.75, 3.05) is 27.2 Å². The van der Waals surface area contributed by atoms with Crippen molar-refractivity contribution in [3.8, 4) is 22.8 Å². The Morgan fingerprint density at radius 2 is 1.83 bits per heavy atom. The van der Waals surface area contributed by atoms with E-state index >= 15 is 0 Å². The van der Waals surface area contributed by atoms with Crippen molar-refractivity contribution >= 4 is 17.5 Å². The van der Waals surface area contributed by atoms with Gasteiger partial charge in [0, 0.05) is 31.1 Å². The highest BCUT2D eigenvalue weighted by molar-refractivity contribution is 6.04. The normalized spacial score (nSPS) is 13.5. The zero-order valence-electron chi connectivity index (χ0n) is 20.3. The number of hydrogen-bond acceptors (Lipinski definition) is 5. The highest BCUT2D eigenvalue weighted by Crippen LogP contribution is 2.31. The molecule has 5 rings (SSSR count). The minimum Gasteiger partial charge on any atom is -0.457 e. The molecule has 0 unspecified atom stereocenters. The number of primary amides is 1. The number of hydrogen-bond donors (Lipinski definition) is 2. The van der Waals surface area contributed by atoms with Gasteiger partial charge in [0.05, 0.1) is 23.6 Å². The van der Waals surface area contributed by atoms with Crippen molar-refractivity contribution in [2.24, 2.45) is 5.73 Å². The Balaban J connectivity index is 1.41. The smallest absolute Gasteiger partial charge is 0.254 e. The number of carbonyl (C=O) groups excluding carboxylic acids is 2. The third-order valence-electron chi connectivity index (χ3n) is 6.12. The summed E-state index contributed by atoms with van der Waals surface area (Å²) < 4.78 is 7.69. The third-order valence-corrected chi connectivity index (χ3v) is 6.12. The van der Waals surface area contributed by atoms with E-state index in [0.717, 1.165) is 22.7 Å². The Morgan fingerprint density at radius 1 is 1.11 bits per heavy atom. The van der Waals surface area contributed by atoms with E-state index in [1.54, 1.807) is 11.0 Å². The molecule has 2 amide bonds. The average molecular weight is 485 g/mol. The summed E-state index contributed by atoms with van der Waals surface area (Å²) in [6.07, 6.45) is 4.07. The van der Waals surface area contributed by atoms with Gasteiger partial charge in [0.15, 0.2) is 5.65 Å². The molecule has 0 fully saturated rings. The van der Waals surface area contributed by atoms with Crippen LogP contribution in [0.25, 0.3) is 16.9 Å². The second kappa shape index (κ2) is 9.71. The van der Waals surface area contributed by atoms with E-state index in [0.29, 0.717) is 48.7 Å². The number of benzene rings is 2. The molecule has 184 valence electrons. The maximum Gasteiger partial charge on any atom is 0.254 e. The van der Waals surface area contributed by atoms with Crippen LogP contribution in [0.15, 0.2) is 66.7 Å². The molecular weight excluding hydrogens is 456 g/mol. The summed E-state index contributed by atoms with van der Waals surface area (Å²) in [6.45, 7) is 1.65. The van der Waals surface area contributed by atoms with Gasteiger partial charge in [-0.05, 0) is 50.5 Å². The van der Waals surface area contributed by atoms with Crippen molar-refractivity contribution in [1.82, 2.24) is 24.4 Å².